The zero-order valence-electron chi connectivity index (χ0n) is 21.8. The number of fused-ring (bicyclic) bond motifs is 3. The number of nitrogens with two attached hydrogens (primary N) is 1. The average molecular weight is 580 g/mol. The molecule has 1 heterocycles. The number of carbonyl (C=O) groups excluding carboxylic acids is 4. The van der Waals surface area contributed by atoms with Crippen LogP contribution in [0.5, 0.6) is 5.75 Å². The number of amides is 2. The van der Waals surface area contributed by atoms with Gasteiger partial charge in [-0.25, -0.2) is 0 Å². The third-order valence-electron chi connectivity index (χ3n) is 8.51. The first-order valence-corrected chi connectivity index (χ1v) is 13.0. The number of benzene rings is 1. The molecule has 220 valence electrons. The Morgan fingerprint density at radius 3 is 2.49 bits per heavy atom. The molecule has 0 spiro atoms. The molecule has 0 bridgehead atoms. The topological polar surface area (TPSA) is 190 Å². The van der Waals surface area contributed by atoms with Gasteiger partial charge in [0.25, 0.3) is 5.91 Å². The van der Waals surface area contributed by atoms with Crippen molar-refractivity contribution in [1.82, 2.24) is 10.2 Å². The molecular formula is C27H28F3N3O8. The minimum atomic E-state index is -4.92. The molecule has 2 fully saturated rings. The highest BCUT2D eigenvalue weighted by atomic mass is 19.4. The molecule has 4 atom stereocenters. The van der Waals surface area contributed by atoms with Gasteiger partial charge in [-0.2, -0.15) is 13.2 Å². The number of likely N-dealkylation sites (tertiary alicyclic amines) is 1. The molecule has 4 aliphatic rings. The van der Waals surface area contributed by atoms with E-state index in [1.54, 1.807) is 4.90 Å². The molecule has 1 unspecified atom stereocenters. The number of phenolic OH excluding ortho intramolecular Hbond substituents is 1. The standard InChI is InChI=1S/C27H28F3N3O8/c1-10(34)32-14-2-3-33(9-14)8-12-6-16(35)19-15(21(12)27(28,29)30)5-11-4-13-7-17(36)20(25(31)40)24(39)26(13,41)23(38)18(11)22(19)37/h6,11,13-14,35,37,39,41H,2-5,7-9H2,1H3,(H2,31,40)(H,32,34)/t11?,13-,14+,26-/m0/s1. The molecule has 1 aromatic carbocycles. The second kappa shape index (κ2) is 9.58. The van der Waals surface area contributed by atoms with Gasteiger partial charge in [0.05, 0.1) is 11.1 Å². The number of hydrogen-bond donors (Lipinski definition) is 6. The Balaban J connectivity index is 1.60. The van der Waals surface area contributed by atoms with Crippen LogP contribution >= 0.6 is 0 Å². The predicted octanol–water partition coefficient (Wildman–Crippen LogP) is 1.15. The van der Waals surface area contributed by atoms with E-state index in [9.17, 15) is 52.8 Å². The summed E-state index contributed by atoms with van der Waals surface area (Å²) in [6.07, 6.45) is -5.71. The number of nitrogens with zero attached hydrogens (tertiary/aromatic N) is 1. The van der Waals surface area contributed by atoms with E-state index in [0.717, 1.165) is 6.07 Å². The SMILES string of the molecule is CC(=O)N[C@@H]1CCN(Cc2cc(O)c3c(c2C(F)(F)F)CC2C[C@H]4CC(=O)C(C(N)=O)=C(O)[C@@]4(O)C(=O)C2=C3O)C1. The van der Waals surface area contributed by atoms with Gasteiger partial charge in [0.1, 0.15) is 22.8 Å². The Hall–Kier alpha value is -3.91. The second-order valence-electron chi connectivity index (χ2n) is 11.1. The Morgan fingerprint density at radius 2 is 1.88 bits per heavy atom. The fraction of sp³-hybridized carbons (Fsp3) is 0.481. The summed E-state index contributed by atoms with van der Waals surface area (Å²) in [6.45, 7) is 1.82. The maximum absolute atomic E-state index is 14.6. The molecule has 2 amide bonds. The molecule has 14 heteroatoms. The Bertz CT molecular complexity index is 1470. The van der Waals surface area contributed by atoms with Gasteiger partial charge in [-0.05, 0) is 42.4 Å². The predicted molar refractivity (Wildman–Crippen MR) is 134 cm³/mol. The molecule has 0 radical (unpaired) electrons. The van der Waals surface area contributed by atoms with Gasteiger partial charge < -0.3 is 31.5 Å². The number of hydrogen-bond acceptors (Lipinski definition) is 9. The van der Waals surface area contributed by atoms with E-state index in [1.807, 2.05) is 0 Å². The highest BCUT2D eigenvalue weighted by Gasteiger charge is 2.60. The number of carbonyl (C=O) groups is 4. The van der Waals surface area contributed by atoms with Gasteiger partial charge in [-0.15, -0.1) is 0 Å². The Kier molecular flexibility index (Phi) is 6.69. The van der Waals surface area contributed by atoms with Crippen LogP contribution in [0.1, 0.15) is 48.4 Å². The summed E-state index contributed by atoms with van der Waals surface area (Å²) < 4.78 is 43.7. The van der Waals surface area contributed by atoms with Crippen LogP contribution in [0.2, 0.25) is 0 Å². The molecule has 1 aromatic rings. The lowest BCUT2D eigenvalue weighted by atomic mass is 9.59. The quantitative estimate of drug-likeness (QED) is 0.284. The molecule has 41 heavy (non-hydrogen) atoms. The third-order valence-corrected chi connectivity index (χ3v) is 8.51. The fourth-order valence-electron chi connectivity index (χ4n) is 6.86. The summed E-state index contributed by atoms with van der Waals surface area (Å²) in [5, 5.41) is 46.6. The van der Waals surface area contributed by atoms with Crippen molar-refractivity contribution in [3.8, 4) is 5.75 Å². The van der Waals surface area contributed by atoms with E-state index < -0.39 is 99.0 Å². The summed E-state index contributed by atoms with van der Waals surface area (Å²) >= 11 is 0. The zero-order valence-corrected chi connectivity index (χ0v) is 21.8. The molecule has 1 saturated heterocycles. The van der Waals surface area contributed by atoms with Crippen LogP contribution in [-0.4, -0.2) is 73.4 Å². The summed E-state index contributed by atoms with van der Waals surface area (Å²) in [5.74, 6) is -9.21. The van der Waals surface area contributed by atoms with E-state index in [1.165, 1.54) is 6.92 Å². The maximum Gasteiger partial charge on any atom is 0.417 e. The first kappa shape index (κ1) is 28.6. The van der Waals surface area contributed by atoms with E-state index in [4.69, 9.17) is 5.73 Å². The van der Waals surface area contributed by atoms with Crippen molar-refractivity contribution in [2.75, 3.05) is 13.1 Å². The van der Waals surface area contributed by atoms with Gasteiger partial charge in [0.15, 0.2) is 11.4 Å². The van der Waals surface area contributed by atoms with Crippen molar-refractivity contribution >= 4 is 29.1 Å². The normalized spacial score (nSPS) is 28.4. The number of primary amides is 1. The smallest absolute Gasteiger partial charge is 0.417 e. The van der Waals surface area contributed by atoms with Crippen molar-refractivity contribution in [2.24, 2.45) is 17.6 Å². The molecule has 3 aliphatic carbocycles. The van der Waals surface area contributed by atoms with Crippen LogP contribution < -0.4 is 11.1 Å². The number of nitrogens with one attached hydrogen (secondary N) is 1. The number of aliphatic hydroxyl groups excluding tert-OH is 2. The Morgan fingerprint density at radius 1 is 1.20 bits per heavy atom. The van der Waals surface area contributed by atoms with Crippen LogP contribution in [0, 0.1) is 11.8 Å². The molecule has 11 nitrogen and oxygen atoms in total. The van der Waals surface area contributed by atoms with Crippen molar-refractivity contribution in [3.63, 3.8) is 0 Å². The van der Waals surface area contributed by atoms with Crippen LogP contribution in [0.15, 0.2) is 23.0 Å². The number of aromatic hydroxyl groups is 1. The minimum absolute atomic E-state index is 0.210. The number of Topliss-reactive ketones (excluding diaryl/α,β-unsaturated/α-hetero) is 2. The van der Waals surface area contributed by atoms with E-state index in [2.05, 4.69) is 5.32 Å². The van der Waals surface area contributed by atoms with Gasteiger partial charge >= 0.3 is 6.18 Å². The van der Waals surface area contributed by atoms with Crippen LogP contribution in [0.3, 0.4) is 0 Å². The molecule has 1 aliphatic heterocycles. The van der Waals surface area contributed by atoms with Gasteiger partial charge in [0.2, 0.25) is 11.7 Å². The summed E-state index contributed by atoms with van der Waals surface area (Å²) in [6, 6.07) is 0.630. The van der Waals surface area contributed by atoms with E-state index in [-0.39, 0.29) is 30.5 Å². The first-order valence-electron chi connectivity index (χ1n) is 13.0. The Labute approximate surface area is 231 Å². The molecule has 1 saturated carbocycles. The highest BCUT2D eigenvalue weighted by molar-refractivity contribution is 6.22. The average Bonchev–Trinajstić information content (AvgIpc) is 3.25. The molecular weight excluding hydrogens is 551 g/mol. The number of alkyl halides is 3. The van der Waals surface area contributed by atoms with Crippen molar-refractivity contribution in [2.45, 2.75) is 57.0 Å². The molecule has 5 rings (SSSR count). The lowest BCUT2D eigenvalue weighted by molar-refractivity contribution is -0.147. The van der Waals surface area contributed by atoms with Crippen molar-refractivity contribution in [1.29, 1.82) is 0 Å². The number of phenols is 1. The summed E-state index contributed by atoms with van der Waals surface area (Å²) in [4.78, 5) is 50.9. The fourth-order valence-corrected chi connectivity index (χ4v) is 6.86. The lowest BCUT2D eigenvalue weighted by Gasteiger charge is -2.46. The van der Waals surface area contributed by atoms with Crippen molar-refractivity contribution in [3.05, 3.63) is 45.2 Å². The van der Waals surface area contributed by atoms with Gasteiger partial charge in [-0.3, -0.25) is 24.1 Å². The highest BCUT2D eigenvalue weighted by Crippen LogP contribution is 2.54. The van der Waals surface area contributed by atoms with Crippen LogP contribution in [0.25, 0.3) is 5.76 Å². The summed E-state index contributed by atoms with van der Waals surface area (Å²) in [5.41, 5.74) is -1.52. The second-order valence-corrected chi connectivity index (χ2v) is 11.1. The number of halogens is 3. The van der Waals surface area contributed by atoms with Crippen LogP contribution in [0.4, 0.5) is 13.2 Å². The van der Waals surface area contributed by atoms with E-state index in [0.29, 0.717) is 19.5 Å². The zero-order chi connectivity index (χ0) is 30.2. The molecule has 0 aromatic heterocycles. The third kappa shape index (κ3) is 4.45. The number of rotatable bonds is 4. The number of ketones is 2. The monoisotopic (exact) mass is 579 g/mol. The van der Waals surface area contributed by atoms with Crippen LogP contribution in [-0.2, 0) is 38.3 Å². The van der Waals surface area contributed by atoms with Gasteiger partial charge in [0, 0.05) is 50.5 Å². The molecule has 7 N–H and O–H groups in total. The number of aliphatic hydroxyl groups is 3. The largest absolute Gasteiger partial charge is 0.508 e. The first-order chi connectivity index (χ1) is 19.0. The summed E-state index contributed by atoms with van der Waals surface area (Å²) in [7, 11) is 0. The van der Waals surface area contributed by atoms with E-state index >= 15 is 0 Å². The lowest BCUT2D eigenvalue weighted by Crippen LogP contribution is -2.58. The minimum Gasteiger partial charge on any atom is -0.508 e. The van der Waals surface area contributed by atoms with Crippen molar-refractivity contribution < 1.29 is 52.8 Å². The van der Waals surface area contributed by atoms with Gasteiger partial charge in [-0.1, -0.05) is 0 Å². The maximum atomic E-state index is 14.6.